The minimum absolute atomic E-state index is 0.0418. The summed E-state index contributed by atoms with van der Waals surface area (Å²) in [5, 5.41) is 2.51. The Morgan fingerprint density at radius 3 is 1.44 bits per heavy atom. The van der Waals surface area contributed by atoms with Gasteiger partial charge in [0.15, 0.2) is 0 Å². The molecule has 1 nitrogen and oxygen atoms in total. The fraction of sp³-hybridized carbons (Fsp3) is 0.0725. The van der Waals surface area contributed by atoms with Gasteiger partial charge in [-0.2, -0.15) is 0 Å². The molecule has 0 heterocycles. The molecule has 11 aromatic rings. The molecular formula is C69H53N. The fourth-order valence-corrected chi connectivity index (χ4v) is 11.1. The van der Waals surface area contributed by atoms with E-state index in [0.717, 1.165) is 17.1 Å². The summed E-state index contributed by atoms with van der Waals surface area (Å²) in [6.07, 6.45) is 0. The molecule has 12 rings (SSSR count). The van der Waals surface area contributed by atoms with Crippen LogP contribution in [0.2, 0.25) is 0 Å². The number of hydrogen-bond acceptors (Lipinski definition) is 1. The van der Waals surface area contributed by atoms with Gasteiger partial charge in [-0.3, -0.25) is 0 Å². The topological polar surface area (TPSA) is 3.24 Å². The molecule has 0 saturated carbocycles. The van der Waals surface area contributed by atoms with Crippen LogP contribution in [0.4, 0.5) is 17.1 Å². The van der Waals surface area contributed by atoms with Crippen molar-refractivity contribution in [3.63, 3.8) is 0 Å². The van der Waals surface area contributed by atoms with Crippen molar-refractivity contribution in [3.8, 4) is 55.6 Å². The van der Waals surface area contributed by atoms with Gasteiger partial charge in [0.2, 0.25) is 0 Å². The van der Waals surface area contributed by atoms with Crippen LogP contribution in [0.15, 0.2) is 267 Å². The zero-order valence-electron chi connectivity index (χ0n) is 39.9. The van der Waals surface area contributed by atoms with E-state index in [1.807, 2.05) is 0 Å². The van der Waals surface area contributed by atoms with Crippen molar-refractivity contribution < 1.29 is 0 Å². The summed E-state index contributed by atoms with van der Waals surface area (Å²) in [6.45, 7) is 6.86. The molecule has 0 spiro atoms. The van der Waals surface area contributed by atoms with Crippen molar-refractivity contribution in [1.82, 2.24) is 0 Å². The molecule has 334 valence electrons. The van der Waals surface area contributed by atoms with Gasteiger partial charge in [0.25, 0.3) is 0 Å². The van der Waals surface area contributed by atoms with Crippen LogP contribution in [-0.2, 0) is 10.8 Å². The Hall–Kier alpha value is -8.52. The second kappa shape index (κ2) is 17.5. The van der Waals surface area contributed by atoms with E-state index in [9.17, 15) is 0 Å². The van der Waals surface area contributed by atoms with Gasteiger partial charge in [-0.15, -0.1) is 0 Å². The Kier molecular flexibility index (Phi) is 10.7. The van der Waals surface area contributed by atoms with Gasteiger partial charge in [0, 0.05) is 17.1 Å². The van der Waals surface area contributed by atoms with E-state index in [1.54, 1.807) is 0 Å². The van der Waals surface area contributed by atoms with Crippen LogP contribution in [-0.4, -0.2) is 0 Å². The Labute approximate surface area is 412 Å². The quantitative estimate of drug-likeness (QED) is 0.140. The molecule has 1 aliphatic carbocycles. The third-order valence-electron chi connectivity index (χ3n) is 14.5. The molecule has 0 N–H and O–H groups in total. The number of benzene rings is 11. The van der Waals surface area contributed by atoms with Gasteiger partial charge in [0.05, 0.1) is 5.41 Å². The smallest absolute Gasteiger partial charge is 0.0714 e. The maximum atomic E-state index is 2.51. The first-order valence-electron chi connectivity index (χ1n) is 24.5. The SMILES string of the molecule is CC(C)(C)c1ccc(-c2cc(-c3ccc(-c4cccc5ccccc45)cc3)c3c(c2)C(c2ccccc2)(c2ccccc2)c2cc(N(c4ccccc4)c4ccc(-c5ccccc5)cc4)ccc2-3)cc1. The number of hydrogen-bond donors (Lipinski definition) is 0. The lowest BCUT2D eigenvalue weighted by atomic mass is 9.67. The summed E-state index contributed by atoms with van der Waals surface area (Å²) in [5.41, 5.74) is 21.1. The van der Waals surface area contributed by atoms with Crippen molar-refractivity contribution in [2.75, 3.05) is 4.90 Å². The monoisotopic (exact) mass is 895 g/mol. The molecule has 0 aromatic heterocycles. The molecular weight excluding hydrogens is 843 g/mol. The van der Waals surface area contributed by atoms with Crippen molar-refractivity contribution in [3.05, 3.63) is 295 Å². The molecule has 1 heteroatoms. The van der Waals surface area contributed by atoms with E-state index in [1.165, 1.54) is 94.2 Å². The molecule has 0 fully saturated rings. The molecule has 0 saturated heterocycles. The van der Waals surface area contributed by atoms with Gasteiger partial charge in [-0.1, -0.05) is 239 Å². The summed E-state index contributed by atoms with van der Waals surface area (Å²) in [5.74, 6) is 0. The van der Waals surface area contributed by atoms with Gasteiger partial charge >= 0.3 is 0 Å². The van der Waals surface area contributed by atoms with Crippen LogP contribution < -0.4 is 4.90 Å². The Morgan fingerprint density at radius 1 is 0.314 bits per heavy atom. The molecule has 0 radical (unpaired) electrons. The first-order valence-corrected chi connectivity index (χ1v) is 24.5. The highest BCUT2D eigenvalue weighted by Crippen LogP contribution is 2.60. The minimum Gasteiger partial charge on any atom is -0.310 e. The largest absolute Gasteiger partial charge is 0.310 e. The Balaban J connectivity index is 1.12. The lowest BCUT2D eigenvalue weighted by molar-refractivity contribution is 0.590. The van der Waals surface area contributed by atoms with Crippen LogP contribution >= 0.6 is 0 Å². The first-order chi connectivity index (χ1) is 34.3. The van der Waals surface area contributed by atoms with Crippen LogP contribution in [0.5, 0.6) is 0 Å². The Morgan fingerprint density at radius 2 is 0.800 bits per heavy atom. The molecule has 1 aliphatic rings. The maximum absolute atomic E-state index is 2.51. The van der Waals surface area contributed by atoms with Gasteiger partial charge in [-0.25, -0.2) is 0 Å². The van der Waals surface area contributed by atoms with Crippen LogP contribution in [0, 0.1) is 0 Å². The third-order valence-corrected chi connectivity index (χ3v) is 14.5. The molecule has 0 unspecified atom stereocenters. The summed E-state index contributed by atoms with van der Waals surface area (Å²) in [7, 11) is 0. The molecule has 0 atom stereocenters. The van der Waals surface area contributed by atoms with E-state index in [2.05, 4.69) is 293 Å². The van der Waals surface area contributed by atoms with Crippen molar-refractivity contribution in [1.29, 1.82) is 0 Å². The zero-order valence-corrected chi connectivity index (χ0v) is 39.9. The van der Waals surface area contributed by atoms with Crippen molar-refractivity contribution in [2.24, 2.45) is 0 Å². The van der Waals surface area contributed by atoms with Crippen molar-refractivity contribution >= 4 is 27.8 Å². The zero-order chi connectivity index (χ0) is 47.2. The van der Waals surface area contributed by atoms with Gasteiger partial charge < -0.3 is 4.90 Å². The van der Waals surface area contributed by atoms with Crippen LogP contribution in [0.1, 0.15) is 48.6 Å². The average molecular weight is 896 g/mol. The summed E-state index contributed by atoms with van der Waals surface area (Å²) in [4.78, 5) is 2.41. The predicted molar refractivity (Wildman–Crippen MR) is 296 cm³/mol. The van der Waals surface area contributed by atoms with Crippen molar-refractivity contribution in [2.45, 2.75) is 31.6 Å². The first kappa shape index (κ1) is 42.8. The summed E-state index contributed by atoms with van der Waals surface area (Å²) in [6, 6.07) is 98.9. The average Bonchev–Trinajstić information content (AvgIpc) is 3.72. The van der Waals surface area contributed by atoms with E-state index < -0.39 is 5.41 Å². The lowest BCUT2D eigenvalue weighted by Gasteiger charge is -2.35. The van der Waals surface area contributed by atoms with Crippen LogP contribution in [0.25, 0.3) is 66.4 Å². The highest BCUT2D eigenvalue weighted by atomic mass is 15.1. The lowest BCUT2D eigenvalue weighted by Crippen LogP contribution is -2.29. The number of para-hydroxylation sites is 1. The highest BCUT2D eigenvalue weighted by molar-refractivity contribution is 6.00. The number of nitrogens with zero attached hydrogens (tertiary/aromatic N) is 1. The number of anilines is 3. The van der Waals surface area contributed by atoms with Gasteiger partial charge in [0.1, 0.15) is 0 Å². The minimum atomic E-state index is -0.665. The van der Waals surface area contributed by atoms with E-state index >= 15 is 0 Å². The second-order valence-corrected chi connectivity index (χ2v) is 19.7. The molecule has 0 bridgehead atoms. The highest BCUT2D eigenvalue weighted by Gasteiger charge is 2.47. The molecule has 0 amide bonds. The summed E-state index contributed by atoms with van der Waals surface area (Å²) >= 11 is 0. The Bertz CT molecular complexity index is 3580. The predicted octanol–water partition coefficient (Wildman–Crippen LogP) is 18.6. The van der Waals surface area contributed by atoms with E-state index in [-0.39, 0.29) is 5.41 Å². The standard InChI is InChI=1S/C69H53N/c1-68(2,3)55-39-35-50(36-40-55)54-45-64(53-33-31-52(32-34-53)62-30-18-22-51-21-16-17-29-61(51)62)67-63-44-43-60(47-65(63)69(66(67)46-54,56-23-10-5-11-24-56)57-25-12-6-13-26-57)70(58-27-14-7-15-28-58)59-41-37-49(38-42-59)48-19-8-4-9-20-48/h4-47H,1-3H3. The van der Waals surface area contributed by atoms with E-state index in [0.29, 0.717) is 0 Å². The molecule has 0 aliphatic heterocycles. The van der Waals surface area contributed by atoms with Crippen LogP contribution in [0.3, 0.4) is 0 Å². The molecule has 70 heavy (non-hydrogen) atoms. The van der Waals surface area contributed by atoms with E-state index in [4.69, 9.17) is 0 Å². The molecule has 11 aromatic carbocycles. The fourth-order valence-electron chi connectivity index (χ4n) is 11.1. The van der Waals surface area contributed by atoms with Gasteiger partial charge in [-0.05, 0) is 148 Å². The normalized spacial score (nSPS) is 12.6. The number of rotatable bonds is 9. The number of fused-ring (bicyclic) bond motifs is 4. The third kappa shape index (κ3) is 7.43. The maximum Gasteiger partial charge on any atom is 0.0714 e. The summed E-state index contributed by atoms with van der Waals surface area (Å²) < 4.78 is 0. The second-order valence-electron chi connectivity index (χ2n) is 19.7.